The second-order valence-electron chi connectivity index (χ2n) is 17.0. The molecule has 23 heteroatoms. The van der Waals surface area contributed by atoms with Gasteiger partial charge in [0.15, 0.2) is 5.96 Å². The maximum atomic E-state index is 14.4. The fourth-order valence-electron chi connectivity index (χ4n) is 7.44. The lowest BCUT2D eigenvalue weighted by atomic mass is 9.95. The zero-order valence-electron chi connectivity index (χ0n) is 38.6. The highest BCUT2D eigenvalue weighted by Crippen LogP contribution is 2.21. The summed E-state index contributed by atoms with van der Waals surface area (Å²) in [4.78, 5) is 118. The van der Waals surface area contributed by atoms with Crippen molar-refractivity contribution >= 4 is 59.6 Å². The third-order valence-electron chi connectivity index (χ3n) is 11.4. The molecule has 66 heavy (non-hydrogen) atoms. The van der Waals surface area contributed by atoms with Crippen LogP contribution in [-0.2, 0) is 44.8 Å². The Morgan fingerprint density at radius 2 is 1.50 bits per heavy atom. The summed E-state index contributed by atoms with van der Waals surface area (Å²) in [6.07, 6.45) is 3.06. The number of carbonyl (C=O) groups excluding carboxylic acids is 7. The molecule has 0 spiro atoms. The van der Waals surface area contributed by atoms with Crippen LogP contribution in [0, 0.1) is 11.8 Å². The van der Waals surface area contributed by atoms with Crippen LogP contribution in [0.2, 0.25) is 0 Å². The van der Waals surface area contributed by atoms with E-state index >= 15 is 0 Å². The van der Waals surface area contributed by atoms with Crippen LogP contribution in [0.5, 0.6) is 5.75 Å². The highest BCUT2D eigenvalue weighted by molar-refractivity contribution is 5.98. The molecule has 14 N–H and O–H groups in total. The van der Waals surface area contributed by atoms with Gasteiger partial charge in [0.1, 0.15) is 48.0 Å². The van der Waals surface area contributed by atoms with E-state index in [1.165, 1.54) is 30.3 Å². The topological polar surface area (TPSA) is 353 Å². The number of likely N-dealkylation sites (tertiary alicyclic amines) is 1. The first-order valence-corrected chi connectivity index (χ1v) is 22.3. The van der Waals surface area contributed by atoms with Crippen molar-refractivity contribution in [3.63, 3.8) is 0 Å². The van der Waals surface area contributed by atoms with Gasteiger partial charge in [0.25, 0.3) is 0 Å². The van der Waals surface area contributed by atoms with Gasteiger partial charge >= 0.3 is 5.97 Å². The van der Waals surface area contributed by atoms with Crippen molar-refractivity contribution in [1.82, 2.24) is 47.4 Å². The number of aliphatic imine (C=N–C) groups is 2. The molecule has 0 saturated carbocycles. The number of likely N-dealkylation sites (N-methyl/N-ethyl adjacent to an activating group) is 1. The van der Waals surface area contributed by atoms with Gasteiger partial charge in [0, 0.05) is 25.6 Å². The van der Waals surface area contributed by atoms with Crippen molar-refractivity contribution < 1.29 is 48.6 Å². The van der Waals surface area contributed by atoms with Gasteiger partial charge in [-0.3, -0.25) is 48.3 Å². The lowest BCUT2D eigenvalue weighted by molar-refractivity contribution is -0.144. The molecule has 7 amide bonds. The molecule has 1 unspecified atom stereocenters. The van der Waals surface area contributed by atoms with Gasteiger partial charge in [0.2, 0.25) is 41.4 Å². The van der Waals surface area contributed by atoms with Crippen LogP contribution in [-0.4, -0.2) is 156 Å². The van der Waals surface area contributed by atoms with Crippen molar-refractivity contribution in [2.75, 3.05) is 33.2 Å². The SMILES string of the molecule is CC[C@H](C)[C@H](NC(=O)[C@H](Cc1ccc(O)cc1)NC(=O)[C@@H](NC(=O)[C@H](CCCN=C(N)N)NC(=O)CNC)C(C)C)C(=O)N[C@@H](CC1CN=CN1)C(=O)N1CCC[C@H]1C(=O)N[C@@H](C)C(=O)O. The van der Waals surface area contributed by atoms with Crippen LogP contribution in [0.25, 0.3) is 0 Å². The molecule has 1 saturated heterocycles. The number of nitrogens with two attached hydrogens (primary N) is 2. The first-order valence-electron chi connectivity index (χ1n) is 22.3. The molecule has 0 radical (unpaired) electrons. The normalized spacial score (nSPS) is 18.6. The maximum absolute atomic E-state index is 14.4. The van der Waals surface area contributed by atoms with Crippen LogP contribution in [0.3, 0.4) is 0 Å². The molecule has 2 heterocycles. The zero-order chi connectivity index (χ0) is 49.1. The summed E-state index contributed by atoms with van der Waals surface area (Å²) in [7, 11) is 1.57. The number of aromatic hydroxyl groups is 1. The number of phenolic OH excluding ortho intramolecular Hbond substituents is 1. The fourth-order valence-corrected chi connectivity index (χ4v) is 7.44. The second-order valence-corrected chi connectivity index (χ2v) is 17.0. The van der Waals surface area contributed by atoms with E-state index < -0.39 is 101 Å². The molecule has 1 aromatic carbocycles. The summed E-state index contributed by atoms with van der Waals surface area (Å²) in [5, 5.41) is 41.3. The molecule has 3 rings (SSSR count). The van der Waals surface area contributed by atoms with Gasteiger partial charge in [-0.15, -0.1) is 0 Å². The maximum Gasteiger partial charge on any atom is 0.325 e. The van der Waals surface area contributed by atoms with E-state index in [-0.39, 0.29) is 63.1 Å². The van der Waals surface area contributed by atoms with E-state index in [9.17, 15) is 48.6 Å². The average Bonchev–Trinajstić information content (AvgIpc) is 3.98. The van der Waals surface area contributed by atoms with Crippen LogP contribution < -0.4 is 54.0 Å². The zero-order valence-corrected chi connectivity index (χ0v) is 38.6. The Balaban J connectivity index is 1.90. The number of rotatable bonds is 26. The summed E-state index contributed by atoms with van der Waals surface area (Å²) in [6.45, 7) is 8.84. The molecule has 0 bridgehead atoms. The third kappa shape index (κ3) is 16.8. The van der Waals surface area contributed by atoms with Gasteiger partial charge in [0.05, 0.1) is 19.4 Å². The number of hydrogen-bond acceptors (Lipinski definition) is 13. The minimum Gasteiger partial charge on any atom is -0.508 e. The molecular weight excluding hydrogens is 859 g/mol. The summed E-state index contributed by atoms with van der Waals surface area (Å²) < 4.78 is 0. The fraction of sp³-hybridized carbons (Fsp3) is 0.628. The quantitative estimate of drug-likeness (QED) is 0.0256. The molecule has 1 aromatic rings. The van der Waals surface area contributed by atoms with Crippen LogP contribution in [0.1, 0.15) is 78.7 Å². The van der Waals surface area contributed by atoms with Crippen LogP contribution >= 0.6 is 0 Å². The van der Waals surface area contributed by atoms with Crippen LogP contribution in [0.15, 0.2) is 34.3 Å². The van der Waals surface area contributed by atoms with Gasteiger partial charge in [-0.2, -0.15) is 0 Å². The number of benzene rings is 1. The van der Waals surface area contributed by atoms with E-state index in [2.05, 4.69) is 52.5 Å². The monoisotopic (exact) mass is 928 g/mol. The Kier molecular flexibility index (Phi) is 21.6. The summed E-state index contributed by atoms with van der Waals surface area (Å²) >= 11 is 0. The van der Waals surface area contributed by atoms with Crippen molar-refractivity contribution in [1.29, 1.82) is 0 Å². The predicted octanol–water partition coefficient (Wildman–Crippen LogP) is -2.70. The molecule has 0 aromatic heterocycles. The van der Waals surface area contributed by atoms with Gasteiger partial charge in [-0.25, -0.2) is 0 Å². The average molecular weight is 928 g/mol. The number of carboxylic acids is 1. The highest BCUT2D eigenvalue weighted by Gasteiger charge is 2.41. The smallest absolute Gasteiger partial charge is 0.325 e. The minimum absolute atomic E-state index is 0.0336. The van der Waals surface area contributed by atoms with Crippen molar-refractivity contribution in [2.24, 2.45) is 33.3 Å². The van der Waals surface area contributed by atoms with Gasteiger partial charge in [-0.05, 0) is 75.6 Å². The molecule has 9 atom stereocenters. The molecule has 1 fully saturated rings. The van der Waals surface area contributed by atoms with E-state index in [1.807, 2.05) is 6.92 Å². The Bertz CT molecular complexity index is 1900. The Morgan fingerprint density at radius 3 is 2.09 bits per heavy atom. The van der Waals surface area contributed by atoms with Gasteiger partial charge in [-0.1, -0.05) is 46.2 Å². The summed E-state index contributed by atoms with van der Waals surface area (Å²) in [6, 6.07) is -2.59. The Labute approximate surface area is 384 Å². The lowest BCUT2D eigenvalue weighted by Gasteiger charge is -2.32. The summed E-state index contributed by atoms with van der Waals surface area (Å²) in [5.74, 6) is -6.96. The molecule has 366 valence electrons. The number of carboxylic acid groups (broad SMARTS) is 1. The van der Waals surface area contributed by atoms with Crippen molar-refractivity contribution in [3.8, 4) is 5.75 Å². The van der Waals surface area contributed by atoms with E-state index in [0.29, 0.717) is 31.4 Å². The number of nitrogens with one attached hydrogen (secondary N) is 8. The van der Waals surface area contributed by atoms with Crippen molar-refractivity contribution in [3.05, 3.63) is 29.8 Å². The first kappa shape index (κ1) is 53.8. The number of nitrogens with zero attached hydrogens (tertiary/aromatic N) is 3. The van der Waals surface area contributed by atoms with Gasteiger partial charge < -0.3 is 69.1 Å². The van der Waals surface area contributed by atoms with E-state index in [1.54, 1.807) is 40.0 Å². The molecule has 0 aliphatic carbocycles. The third-order valence-corrected chi connectivity index (χ3v) is 11.4. The number of amides is 7. The Morgan fingerprint density at radius 1 is 0.864 bits per heavy atom. The molecule has 2 aliphatic rings. The first-order chi connectivity index (χ1) is 31.2. The number of carbonyl (C=O) groups is 8. The molecule has 23 nitrogen and oxygen atoms in total. The number of hydrogen-bond donors (Lipinski definition) is 12. The lowest BCUT2D eigenvalue weighted by Crippen LogP contribution is -2.62. The van der Waals surface area contributed by atoms with E-state index in [4.69, 9.17) is 11.5 Å². The van der Waals surface area contributed by atoms with Crippen molar-refractivity contribution in [2.45, 2.75) is 128 Å². The standard InChI is InChI=1S/C43H69N13O10/c1-7-24(4)35(40(63)53-31(19-27-20-47-22-49-27)41(64)56-17-9-11-32(56)38(61)50-25(5)42(65)66)55-37(60)30(18-26-12-14-28(57)15-13-26)52-39(62)34(23(2)3)54-36(59)29(51-33(58)21-46-6)10-8-16-48-43(44)45/h12-15,22-25,27,29-32,34-35,46,57H,7-11,16-21H2,1-6H3,(H,47,49)(H,50,61)(H,51,58)(H,52,62)(H,53,63)(H,54,59)(H,55,60)(H,65,66)(H4,44,45,48)/t24-,25-,27?,29-,30-,31-,32-,34-,35-/m0/s1. The number of aliphatic carboxylic acids is 1. The molecular formula is C43H69N13O10. The van der Waals surface area contributed by atoms with E-state index in [0.717, 1.165) is 0 Å². The minimum atomic E-state index is -1.33. The second kappa shape index (κ2) is 26.4. The number of guanidine groups is 1. The highest BCUT2D eigenvalue weighted by atomic mass is 16.4. The predicted molar refractivity (Wildman–Crippen MR) is 244 cm³/mol. The summed E-state index contributed by atoms with van der Waals surface area (Å²) in [5.41, 5.74) is 11.4. The Hall–Kier alpha value is -6.52. The molecule has 2 aliphatic heterocycles. The largest absolute Gasteiger partial charge is 0.508 e. The number of phenols is 1. The van der Waals surface area contributed by atoms with Crippen LogP contribution in [0.4, 0.5) is 0 Å².